The predicted octanol–water partition coefficient (Wildman–Crippen LogP) is 1.21. The smallest absolute Gasteiger partial charge is 0.340 e. The van der Waals surface area contributed by atoms with Crippen LogP contribution in [0.5, 0.6) is 0 Å². The molecule has 0 atom stereocenters. The summed E-state index contributed by atoms with van der Waals surface area (Å²) in [5.74, 6) is -1.91. The normalized spacial score (nSPS) is 10.0. The molecule has 0 spiro atoms. The number of aromatic nitrogens is 1. The summed E-state index contributed by atoms with van der Waals surface area (Å²) < 4.78 is 10.9. The number of nitrogens with zero attached hydrogens (tertiary/aromatic N) is 1. The quantitative estimate of drug-likeness (QED) is 0.746. The van der Waals surface area contributed by atoms with Crippen LogP contribution in [-0.4, -0.2) is 35.6 Å². The van der Waals surface area contributed by atoms with Crippen molar-refractivity contribution in [3.63, 3.8) is 0 Å². The van der Waals surface area contributed by atoms with Gasteiger partial charge in [0, 0.05) is 12.3 Å². The minimum absolute atomic E-state index is 0.199. The second-order valence-corrected chi connectivity index (χ2v) is 5.14. The molecule has 1 aromatic heterocycles. The van der Waals surface area contributed by atoms with Gasteiger partial charge in [0.25, 0.3) is 11.5 Å². The van der Waals surface area contributed by atoms with Crippen LogP contribution >= 0.6 is 0 Å². The second-order valence-electron chi connectivity index (χ2n) is 5.14. The van der Waals surface area contributed by atoms with E-state index in [1.807, 2.05) is 0 Å². The lowest BCUT2D eigenvalue weighted by Gasteiger charge is -2.11. The fourth-order valence-corrected chi connectivity index (χ4v) is 2.09. The van der Waals surface area contributed by atoms with Gasteiger partial charge in [-0.1, -0.05) is 18.2 Å². The Morgan fingerprint density at radius 3 is 2.50 bits per heavy atom. The minimum atomic E-state index is -0.730. The fourth-order valence-electron chi connectivity index (χ4n) is 2.09. The number of anilines is 1. The molecule has 2 rings (SSSR count). The number of benzene rings is 1. The third-order valence-electron chi connectivity index (χ3n) is 3.26. The molecule has 0 unspecified atom stereocenters. The first-order valence-corrected chi connectivity index (χ1v) is 7.88. The Morgan fingerprint density at radius 1 is 1.04 bits per heavy atom. The number of carbonyl (C=O) groups is 3. The number of para-hydroxylation sites is 1. The van der Waals surface area contributed by atoms with Crippen molar-refractivity contribution in [2.24, 2.45) is 0 Å². The molecule has 136 valence electrons. The van der Waals surface area contributed by atoms with Gasteiger partial charge in [0.05, 0.1) is 17.9 Å². The van der Waals surface area contributed by atoms with E-state index in [4.69, 9.17) is 9.47 Å². The molecule has 0 aliphatic heterocycles. The number of hydrogen-bond donors (Lipinski definition) is 1. The van der Waals surface area contributed by atoms with Gasteiger partial charge in [-0.25, -0.2) is 4.79 Å². The summed E-state index contributed by atoms with van der Waals surface area (Å²) in [6.07, 6.45) is 1.44. The van der Waals surface area contributed by atoms with Crippen LogP contribution in [-0.2, 0) is 25.6 Å². The van der Waals surface area contributed by atoms with E-state index in [0.717, 1.165) is 4.57 Å². The molecule has 0 fully saturated rings. The van der Waals surface area contributed by atoms with Gasteiger partial charge in [0.15, 0.2) is 6.61 Å². The zero-order chi connectivity index (χ0) is 18.9. The molecule has 0 saturated heterocycles. The molecule has 0 saturated carbocycles. The highest BCUT2D eigenvalue weighted by Crippen LogP contribution is 2.16. The summed E-state index contributed by atoms with van der Waals surface area (Å²) in [7, 11) is 0. The highest BCUT2D eigenvalue weighted by atomic mass is 16.5. The van der Waals surface area contributed by atoms with E-state index in [0.29, 0.717) is 0 Å². The maximum Gasteiger partial charge on any atom is 0.340 e. The number of amides is 1. The Hall–Kier alpha value is -3.42. The summed E-state index contributed by atoms with van der Waals surface area (Å²) in [5.41, 5.74) is 0.105. The Morgan fingerprint density at radius 2 is 1.77 bits per heavy atom. The van der Waals surface area contributed by atoms with Crippen molar-refractivity contribution in [1.82, 2.24) is 4.57 Å². The van der Waals surface area contributed by atoms with Crippen molar-refractivity contribution in [3.05, 3.63) is 64.6 Å². The van der Waals surface area contributed by atoms with Crippen LogP contribution in [0.3, 0.4) is 0 Å². The van der Waals surface area contributed by atoms with Gasteiger partial charge in [0.2, 0.25) is 0 Å². The van der Waals surface area contributed by atoms with Crippen LogP contribution in [0.4, 0.5) is 5.69 Å². The van der Waals surface area contributed by atoms with Gasteiger partial charge >= 0.3 is 11.9 Å². The second kappa shape index (κ2) is 9.16. The molecule has 26 heavy (non-hydrogen) atoms. The van der Waals surface area contributed by atoms with Crippen molar-refractivity contribution >= 4 is 23.5 Å². The van der Waals surface area contributed by atoms with Gasteiger partial charge in [-0.15, -0.1) is 0 Å². The monoisotopic (exact) mass is 358 g/mol. The van der Waals surface area contributed by atoms with Crippen molar-refractivity contribution in [1.29, 1.82) is 0 Å². The molecule has 0 radical (unpaired) electrons. The minimum Gasteiger partial charge on any atom is -0.462 e. The third kappa shape index (κ3) is 5.30. The van der Waals surface area contributed by atoms with E-state index in [2.05, 4.69) is 5.32 Å². The zero-order valence-corrected chi connectivity index (χ0v) is 14.1. The topological polar surface area (TPSA) is 104 Å². The number of hydrogen-bond acceptors (Lipinski definition) is 6. The van der Waals surface area contributed by atoms with Crippen LogP contribution in [0.1, 0.15) is 17.3 Å². The summed E-state index contributed by atoms with van der Waals surface area (Å²) in [6.45, 7) is 1.04. The SMILES string of the molecule is CCOC(=O)c1ccccc1NC(=O)COC(=O)Cn1ccccc1=O. The summed E-state index contributed by atoms with van der Waals surface area (Å²) in [5, 5.41) is 2.49. The first kappa shape index (κ1) is 18.9. The van der Waals surface area contributed by atoms with Crippen LogP contribution in [0.25, 0.3) is 0 Å². The standard InChI is InChI=1S/C18H18N2O6/c1-2-25-18(24)13-7-3-4-8-14(13)19-15(21)12-26-17(23)11-20-10-6-5-9-16(20)22/h3-10H,2,11-12H2,1H3,(H,19,21). The van der Waals surface area contributed by atoms with E-state index in [1.165, 1.54) is 24.4 Å². The number of nitrogens with one attached hydrogen (secondary N) is 1. The number of ether oxygens (including phenoxy) is 2. The van der Waals surface area contributed by atoms with Crippen molar-refractivity contribution in [2.75, 3.05) is 18.5 Å². The van der Waals surface area contributed by atoms with Gasteiger partial charge in [-0.3, -0.25) is 14.4 Å². The van der Waals surface area contributed by atoms with Crippen molar-refractivity contribution in [2.45, 2.75) is 13.5 Å². The van der Waals surface area contributed by atoms with E-state index >= 15 is 0 Å². The maximum atomic E-state index is 12.0. The van der Waals surface area contributed by atoms with E-state index in [9.17, 15) is 19.2 Å². The average Bonchev–Trinajstić information content (AvgIpc) is 2.62. The van der Waals surface area contributed by atoms with Gasteiger partial charge < -0.3 is 19.4 Å². The average molecular weight is 358 g/mol. The number of carbonyl (C=O) groups excluding carboxylic acids is 3. The van der Waals surface area contributed by atoms with Crippen LogP contribution < -0.4 is 10.9 Å². The Labute approximate surface area is 149 Å². The fraction of sp³-hybridized carbons (Fsp3) is 0.222. The Balaban J connectivity index is 1.91. The Kier molecular flexibility index (Phi) is 6.67. The molecule has 8 heteroatoms. The molecule has 2 aromatic rings. The van der Waals surface area contributed by atoms with Crippen LogP contribution in [0.15, 0.2) is 53.5 Å². The summed E-state index contributed by atoms with van der Waals surface area (Å²) in [4.78, 5) is 47.1. The lowest BCUT2D eigenvalue weighted by molar-refractivity contribution is -0.147. The largest absolute Gasteiger partial charge is 0.462 e. The summed E-state index contributed by atoms with van der Waals surface area (Å²) >= 11 is 0. The first-order valence-electron chi connectivity index (χ1n) is 7.88. The molecule has 1 aromatic carbocycles. The van der Waals surface area contributed by atoms with Crippen LogP contribution in [0.2, 0.25) is 0 Å². The predicted molar refractivity (Wildman–Crippen MR) is 92.7 cm³/mol. The molecular weight excluding hydrogens is 340 g/mol. The van der Waals surface area contributed by atoms with E-state index < -0.39 is 24.5 Å². The number of pyridine rings is 1. The first-order chi connectivity index (χ1) is 12.5. The zero-order valence-electron chi connectivity index (χ0n) is 14.1. The summed E-state index contributed by atoms with van der Waals surface area (Å²) in [6, 6.07) is 10.8. The van der Waals surface area contributed by atoms with Gasteiger partial charge in [0.1, 0.15) is 6.54 Å². The van der Waals surface area contributed by atoms with E-state index in [1.54, 1.807) is 31.2 Å². The van der Waals surface area contributed by atoms with Gasteiger partial charge in [-0.05, 0) is 25.1 Å². The number of rotatable bonds is 7. The molecular formula is C18H18N2O6. The Bertz CT molecular complexity index is 859. The molecule has 0 aliphatic carbocycles. The van der Waals surface area contributed by atoms with Crippen LogP contribution in [0, 0.1) is 0 Å². The van der Waals surface area contributed by atoms with Gasteiger partial charge in [-0.2, -0.15) is 0 Å². The van der Waals surface area contributed by atoms with Crippen molar-refractivity contribution < 1.29 is 23.9 Å². The molecule has 8 nitrogen and oxygen atoms in total. The highest BCUT2D eigenvalue weighted by molar-refractivity contribution is 6.01. The maximum absolute atomic E-state index is 12.0. The molecule has 0 aliphatic rings. The lowest BCUT2D eigenvalue weighted by Crippen LogP contribution is -2.27. The molecule has 1 N–H and O–H groups in total. The molecule has 1 heterocycles. The third-order valence-corrected chi connectivity index (χ3v) is 3.26. The number of esters is 2. The highest BCUT2D eigenvalue weighted by Gasteiger charge is 2.15. The lowest BCUT2D eigenvalue weighted by atomic mass is 10.2. The molecule has 0 bridgehead atoms. The van der Waals surface area contributed by atoms with Crippen molar-refractivity contribution in [3.8, 4) is 0 Å². The van der Waals surface area contributed by atoms with E-state index in [-0.39, 0.29) is 30.0 Å². The molecule has 1 amide bonds.